The van der Waals surface area contributed by atoms with Gasteiger partial charge in [0.15, 0.2) is 0 Å². The minimum atomic E-state index is -0.00611. The van der Waals surface area contributed by atoms with Crippen molar-refractivity contribution >= 4 is 31.9 Å². The summed E-state index contributed by atoms with van der Waals surface area (Å²) in [7, 11) is 1.64. The highest BCUT2D eigenvalue weighted by Gasteiger charge is 2.10. The lowest BCUT2D eigenvalue weighted by Gasteiger charge is -2.09. The van der Waals surface area contributed by atoms with E-state index in [4.69, 9.17) is 10.00 Å². The van der Waals surface area contributed by atoms with Crippen molar-refractivity contribution in [1.29, 1.82) is 5.26 Å². The summed E-state index contributed by atoms with van der Waals surface area (Å²) in [5.41, 5.74) is 1.10. The molecule has 0 fully saturated rings. The van der Waals surface area contributed by atoms with Crippen molar-refractivity contribution in [2.75, 3.05) is 12.4 Å². The summed E-state index contributed by atoms with van der Waals surface area (Å²) in [5.74, 6) is 0.813. The summed E-state index contributed by atoms with van der Waals surface area (Å²) in [6.45, 7) is 0. The summed E-state index contributed by atoms with van der Waals surface area (Å²) >= 11 is 6.79. The molecule has 1 aromatic rings. The Morgan fingerprint density at radius 2 is 2.27 bits per heavy atom. The van der Waals surface area contributed by atoms with Crippen molar-refractivity contribution in [3.63, 3.8) is 0 Å². The number of halogens is 2. The van der Waals surface area contributed by atoms with Gasteiger partial charge in [-0.25, -0.2) is 0 Å². The topological polar surface area (TPSA) is 33.0 Å². The van der Waals surface area contributed by atoms with Crippen molar-refractivity contribution in [3.8, 4) is 11.8 Å². The Hall–Kier alpha value is -0.530. The van der Waals surface area contributed by atoms with Crippen LogP contribution in [0.3, 0.4) is 0 Å². The minimum absolute atomic E-state index is 0.00611. The first-order valence-corrected chi connectivity index (χ1v) is 6.40. The fraction of sp³-hybridized carbons (Fsp3) is 0.364. The Morgan fingerprint density at radius 3 is 2.80 bits per heavy atom. The SMILES string of the molecule is COc1ccc(Br)c(CC(C#N)CBr)c1. The van der Waals surface area contributed by atoms with Crippen molar-refractivity contribution < 1.29 is 4.74 Å². The zero-order chi connectivity index (χ0) is 11.3. The number of methoxy groups -OCH3 is 1. The molecule has 1 unspecified atom stereocenters. The van der Waals surface area contributed by atoms with Crippen LogP contribution < -0.4 is 4.74 Å². The average molecular weight is 333 g/mol. The second kappa shape index (κ2) is 6.14. The first kappa shape index (κ1) is 12.5. The van der Waals surface area contributed by atoms with E-state index in [2.05, 4.69) is 37.9 Å². The lowest BCUT2D eigenvalue weighted by molar-refractivity contribution is 0.414. The molecule has 1 aromatic carbocycles. The van der Waals surface area contributed by atoms with Crippen LogP contribution in [0.15, 0.2) is 22.7 Å². The molecule has 0 heterocycles. The molecule has 0 spiro atoms. The van der Waals surface area contributed by atoms with Gasteiger partial charge in [0.1, 0.15) is 5.75 Å². The zero-order valence-electron chi connectivity index (χ0n) is 8.34. The van der Waals surface area contributed by atoms with Gasteiger partial charge in [0.2, 0.25) is 0 Å². The number of hydrogen-bond donors (Lipinski definition) is 0. The molecule has 4 heteroatoms. The van der Waals surface area contributed by atoms with Gasteiger partial charge in [0.25, 0.3) is 0 Å². The van der Waals surface area contributed by atoms with Crippen LogP contribution in [0.25, 0.3) is 0 Å². The van der Waals surface area contributed by atoms with Gasteiger partial charge < -0.3 is 4.74 Å². The predicted molar refractivity (Wildman–Crippen MR) is 67.3 cm³/mol. The van der Waals surface area contributed by atoms with E-state index >= 15 is 0 Å². The Balaban J connectivity index is 2.88. The second-order valence-corrected chi connectivity index (χ2v) is 4.64. The van der Waals surface area contributed by atoms with Crippen LogP contribution in [-0.4, -0.2) is 12.4 Å². The molecule has 0 radical (unpaired) electrons. The molecule has 0 aliphatic carbocycles. The van der Waals surface area contributed by atoms with E-state index in [-0.39, 0.29) is 5.92 Å². The van der Waals surface area contributed by atoms with Gasteiger partial charge in [0.05, 0.1) is 19.1 Å². The maximum absolute atomic E-state index is 8.88. The third-order valence-electron chi connectivity index (χ3n) is 2.09. The highest BCUT2D eigenvalue weighted by atomic mass is 79.9. The van der Waals surface area contributed by atoms with Crippen molar-refractivity contribution in [2.24, 2.45) is 5.92 Å². The second-order valence-electron chi connectivity index (χ2n) is 3.14. The summed E-state index contributed by atoms with van der Waals surface area (Å²) in [5, 5.41) is 9.57. The molecule has 0 bridgehead atoms. The Morgan fingerprint density at radius 1 is 1.53 bits per heavy atom. The molecule has 80 valence electrons. The molecule has 2 nitrogen and oxygen atoms in total. The fourth-order valence-electron chi connectivity index (χ4n) is 1.23. The number of nitrogens with zero attached hydrogens (tertiary/aromatic N) is 1. The van der Waals surface area contributed by atoms with Crippen molar-refractivity contribution in [1.82, 2.24) is 0 Å². The summed E-state index contributed by atoms with van der Waals surface area (Å²) in [6, 6.07) is 8.05. The van der Waals surface area contributed by atoms with Crippen LogP contribution in [0.5, 0.6) is 5.75 Å². The highest BCUT2D eigenvalue weighted by molar-refractivity contribution is 9.10. The van der Waals surface area contributed by atoms with E-state index in [9.17, 15) is 0 Å². The molecule has 1 atom stereocenters. The van der Waals surface area contributed by atoms with E-state index in [1.54, 1.807) is 7.11 Å². The summed E-state index contributed by atoms with van der Waals surface area (Å²) in [6.07, 6.45) is 0.722. The van der Waals surface area contributed by atoms with E-state index in [0.717, 1.165) is 22.2 Å². The monoisotopic (exact) mass is 331 g/mol. The quantitative estimate of drug-likeness (QED) is 0.790. The molecule has 0 N–H and O–H groups in total. The van der Waals surface area contributed by atoms with Gasteiger partial charge >= 0.3 is 0 Å². The van der Waals surface area contributed by atoms with Crippen LogP contribution >= 0.6 is 31.9 Å². The van der Waals surface area contributed by atoms with Gasteiger partial charge in [-0.2, -0.15) is 5.26 Å². The van der Waals surface area contributed by atoms with Crippen molar-refractivity contribution in [3.05, 3.63) is 28.2 Å². The Labute approximate surface area is 106 Å². The van der Waals surface area contributed by atoms with Gasteiger partial charge in [-0.05, 0) is 30.2 Å². The average Bonchev–Trinajstić information content (AvgIpc) is 2.28. The number of alkyl halides is 1. The fourth-order valence-corrected chi connectivity index (χ4v) is 2.02. The smallest absolute Gasteiger partial charge is 0.119 e. The number of benzene rings is 1. The molecular weight excluding hydrogens is 322 g/mol. The molecule has 0 aliphatic rings. The number of rotatable bonds is 4. The number of hydrogen-bond acceptors (Lipinski definition) is 2. The molecule has 0 amide bonds. The van der Waals surface area contributed by atoms with Crippen LogP contribution in [0.4, 0.5) is 0 Å². The summed E-state index contributed by atoms with van der Waals surface area (Å²) < 4.78 is 6.16. The molecule has 0 aliphatic heterocycles. The van der Waals surface area contributed by atoms with Gasteiger partial charge in [-0.1, -0.05) is 31.9 Å². The van der Waals surface area contributed by atoms with E-state index in [1.165, 1.54) is 0 Å². The van der Waals surface area contributed by atoms with E-state index in [0.29, 0.717) is 5.33 Å². The Kier molecular flexibility index (Phi) is 5.13. The third-order valence-corrected chi connectivity index (χ3v) is 3.64. The van der Waals surface area contributed by atoms with E-state index in [1.807, 2.05) is 18.2 Å². The maximum atomic E-state index is 8.88. The minimum Gasteiger partial charge on any atom is -0.497 e. The standard InChI is InChI=1S/C11H11Br2NO/c1-15-10-2-3-11(13)9(5-10)4-8(6-12)7-14/h2-3,5,8H,4,6H2,1H3. The molecule has 0 saturated carbocycles. The van der Waals surface area contributed by atoms with Crippen LogP contribution in [0, 0.1) is 17.2 Å². The Bertz CT molecular complexity index is 373. The number of ether oxygens (including phenoxy) is 1. The maximum Gasteiger partial charge on any atom is 0.119 e. The van der Waals surface area contributed by atoms with Gasteiger partial charge in [-0.15, -0.1) is 0 Å². The number of nitriles is 1. The first-order chi connectivity index (χ1) is 7.21. The summed E-state index contributed by atoms with van der Waals surface area (Å²) in [4.78, 5) is 0. The molecular formula is C11H11Br2NO. The lowest BCUT2D eigenvalue weighted by Crippen LogP contribution is -2.03. The van der Waals surface area contributed by atoms with Crippen LogP contribution in [0.2, 0.25) is 0 Å². The molecule has 1 rings (SSSR count). The molecule has 15 heavy (non-hydrogen) atoms. The molecule has 0 saturated heterocycles. The zero-order valence-corrected chi connectivity index (χ0v) is 11.5. The largest absolute Gasteiger partial charge is 0.497 e. The van der Waals surface area contributed by atoms with Crippen molar-refractivity contribution in [2.45, 2.75) is 6.42 Å². The van der Waals surface area contributed by atoms with Gasteiger partial charge in [-0.3, -0.25) is 0 Å². The third kappa shape index (κ3) is 3.51. The highest BCUT2D eigenvalue weighted by Crippen LogP contribution is 2.25. The normalized spacial score (nSPS) is 11.9. The van der Waals surface area contributed by atoms with E-state index < -0.39 is 0 Å². The first-order valence-electron chi connectivity index (χ1n) is 4.49. The van der Waals surface area contributed by atoms with Gasteiger partial charge in [0, 0.05) is 9.80 Å². The predicted octanol–water partition coefficient (Wildman–Crippen LogP) is 3.53. The lowest BCUT2D eigenvalue weighted by atomic mass is 10.0. The van der Waals surface area contributed by atoms with Crippen LogP contribution in [0.1, 0.15) is 5.56 Å². The van der Waals surface area contributed by atoms with Crippen LogP contribution in [-0.2, 0) is 6.42 Å². The molecule has 0 aromatic heterocycles.